The summed E-state index contributed by atoms with van der Waals surface area (Å²) >= 11 is 0. The van der Waals surface area contributed by atoms with E-state index in [1.807, 2.05) is 37.3 Å². The summed E-state index contributed by atoms with van der Waals surface area (Å²) in [5.74, 6) is 2.81. The summed E-state index contributed by atoms with van der Waals surface area (Å²) < 4.78 is 34.4. The van der Waals surface area contributed by atoms with Gasteiger partial charge in [0.15, 0.2) is 29.3 Å². The molecule has 4 heterocycles. The van der Waals surface area contributed by atoms with Gasteiger partial charge in [0.1, 0.15) is 5.60 Å². The van der Waals surface area contributed by atoms with Crippen LogP contribution in [0, 0.1) is 0 Å². The molecule has 2 atom stereocenters. The molecule has 0 saturated carbocycles. The summed E-state index contributed by atoms with van der Waals surface area (Å²) in [6.07, 6.45) is 1.20. The first-order valence-electron chi connectivity index (χ1n) is 9.01. The van der Waals surface area contributed by atoms with Crippen LogP contribution in [0.4, 0.5) is 0 Å². The molecule has 0 spiro atoms. The van der Waals surface area contributed by atoms with Crippen molar-refractivity contribution in [2.24, 2.45) is 0 Å². The van der Waals surface area contributed by atoms with Crippen molar-refractivity contribution in [2.45, 2.75) is 18.8 Å². The average Bonchev–Trinajstić information content (AvgIpc) is 3.42. The zero-order valence-electron chi connectivity index (χ0n) is 15.4. The van der Waals surface area contributed by atoms with Gasteiger partial charge in [-0.25, -0.2) is 0 Å². The molecule has 142 valence electrons. The Hall–Kier alpha value is -3.03. The number of hydrogen-bond donors (Lipinski definition) is 0. The molecule has 0 amide bonds. The van der Waals surface area contributed by atoms with Crippen LogP contribution in [-0.4, -0.2) is 25.7 Å². The standard InChI is InChI=1S/C21H17NO6/c1-21(13-3-4-14-18(27-10-24-14)17(13)20(23-2)28-21)19-12-8-16-15(25-9-26-16)7-11(12)5-6-22-19/h3-8,20H,9-10H2,1-2H3/t20-,21+/m1/s1. The number of benzene rings is 2. The van der Waals surface area contributed by atoms with Gasteiger partial charge in [-0.3, -0.25) is 4.98 Å². The van der Waals surface area contributed by atoms with Gasteiger partial charge in [-0.15, -0.1) is 0 Å². The number of nitrogens with zero attached hydrogens (tertiary/aromatic N) is 1. The highest BCUT2D eigenvalue weighted by molar-refractivity contribution is 5.89. The van der Waals surface area contributed by atoms with Crippen LogP contribution in [0.3, 0.4) is 0 Å². The minimum absolute atomic E-state index is 0.189. The Balaban J connectivity index is 1.60. The van der Waals surface area contributed by atoms with E-state index >= 15 is 0 Å². The molecular formula is C21H17NO6. The summed E-state index contributed by atoms with van der Waals surface area (Å²) in [6.45, 7) is 2.41. The lowest BCUT2D eigenvalue weighted by Crippen LogP contribution is -2.25. The number of methoxy groups -OCH3 is 1. The number of fused-ring (bicyclic) bond motifs is 5. The summed E-state index contributed by atoms with van der Waals surface area (Å²) in [4.78, 5) is 4.70. The molecule has 3 aliphatic heterocycles. The zero-order valence-corrected chi connectivity index (χ0v) is 15.4. The molecule has 3 aliphatic rings. The maximum absolute atomic E-state index is 6.42. The third-order valence-corrected chi connectivity index (χ3v) is 5.59. The molecule has 7 heteroatoms. The van der Waals surface area contributed by atoms with Gasteiger partial charge in [0.25, 0.3) is 0 Å². The van der Waals surface area contributed by atoms with Crippen LogP contribution >= 0.6 is 0 Å². The quantitative estimate of drug-likeness (QED) is 0.673. The molecule has 0 unspecified atom stereocenters. The molecule has 28 heavy (non-hydrogen) atoms. The van der Waals surface area contributed by atoms with Crippen LogP contribution in [0.15, 0.2) is 36.5 Å². The number of ether oxygens (including phenoxy) is 6. The monoisotopic (exact) mass is 379 g/mol. The lowest BCUT2D eigenvalue weighted by molar-refractivity contribution is -0.168. The van der Waals surface area contributed by atoms with Crippen molar-refractivity contribution in [3.05, 3.63) is 53.3 Å². The Labute approximate surface area is 160 Å². The SMILES string of the molecule is CO[C@@H]1O[C@](C)(c2nccc3cc4c(cc23)OCO4)c2ccc3c(c21)OCO3. The lowest BCUT2D eigenvalue weighted by atomic mass is 9.87. The van der Waals surface area contributed by atoms with Gasteiger partial charge in [0, 0.05) is 24.3 Å². The molecule has 6 rings (SSSR count). The highest BCUT2D eigenvalue weighted by atomic mass is 16.7. The van der Waals surface area contributed by atoms with Gasteiger partial charge >= 0.3 is 0 Å². The van der Waals surface area contributed by atoms with E-state index in [0.717, 1.165) is 33.3 Å². The van der Waals surface area contributed by atoms with Crippen molar-refractivity contribution in [3.63, 3.8) is 0 Å². The van der Waals surface area contributed by atoms with Gasteiger partial charge in [0.05, 0.1) is 11.3 Å². The van der Waals surface area contributed by atoms with Gasteiger partial charge < -0.3 is 28.4 Å². The van der Waals surface area contributed by atoms with E-state index in [1.54, 1.807) is 13.3 Å². The summed E-state index contributed by atoms with van der Waals surface area (Å²) in [6, 6.07) is 9.78. The van der Waals surface area contributed by atoms with E-state index in [9.17, 15) is 0 Å². The third kappa shape index (κ3) is 1.97. The molecule has 0 saturated heterocycles. The largest absolute Gasteiger partial charge is 0.454 e. The second-order valence-corrected chi connectivity index (χ2v) is 7.07. The third-order valence-electron chi connectivity index (χ3n) is 5.59. The van der Waals surface area contributed by atoms with E-state index in [4.69, 9.17) is 33.4 Å². The second-order valence-electron chi connectivity index (χ2n) is 7.07. The van der Waals surface area contributed by atoms with Gasteiger partial charge in [-0.1, -0.05) is 6.07 Å². The Bertz CT molecular complexity index is 1130. The normalized spacial score (nSPS) is 24.0. The minimum atomic E-state index is -0.829. The van der Waals surface area contributed by atoms with Crippen molar-refractivity contribution in [1.82, 2.24) is 4.98 Å². The van der Waals surface area contributed by atoms with Crippen LogP contribution in [0.2, 0.25) is 0 Å². The van der Waals surface area contributed by atoms with Gasteiger partial charge in [-0.2, -0.15) is 0 Å². The van der Waals surface area contributed by atoms with Crippen LogP contribution in [0.5, 0.6) is 23.0 Å². The first kappa shape index (κ1) is 16.0. The predicted octanol–water partition coefficient (Wildman–Crippen LogP) is 3.63. The molecule has 0 fully saturated rings. The number of aromatic nitrogens is 1. The van der Waals surface area contributed by atoms with Gasteiger partial charge in [-0.05, 0) is 36.6 Å². The number of pyridine rings is 1. The highest BCUT2D eigenvalue weighted by Crippen LogP contribution is 2.55. The first-order chi connectivity index (χ1) is 13.7. The first-order valence-corrected chi connectivity index (χ1v) is 9.01. The zero-order chi connectivity index (χ0) is 18.9. The van der Waals surface area contributed by atoms with Crippen molar-refractivity contribution >= 4 is 10.8 Å². The topological polar surface area (TPSA) is 68.3 Å². The van der Waals surface area contributed by atoms with E-state index in [1.165, 1.54) is 0 Å². The van der Waals surface area contributed by atoms with Crippen LogP contribution in [-0.2, 0) is 15.1 Å². The highest BCUT2D eigenvalue weighted by Gasteiger charge is 2.48. The Kier molecular flexibility index (Phi) is 3.14. The maximum atomic E-state index is 6.42. The fourth-order valence-electron chi connectivity index (χ4n) is 4.27. The maximum Gasteiger partial charge on any atom is 0.231 e. The van der Waals surface area contributed by atoms with Gasteiger partial charge in [0.2, 0.25) is 13.6 Å². The minimum Gasteiger partial charge on any atom is -0.454 e. The average molecular weight is 379 g/mol. The summed E-state index contributed by atoms with van der Waals surface area (Å²) in [5.41, 5.74) is 1.74. The van der Waals surface area contributed by atoms with Crippen LogP contribution in [0.25, 0.3) is 10.8 Å². The number of hydrogen-bond acceptors (Lipinski definition) is 7. The lowest BCUT2D eigenvalue weighted by Gasteiger charge is -2.26. The molecule has 0 N–H and O–H groups in total. The summed E-state index contributed by atoms with van der Waals surface area (Å²) in [7, 11) is 1.62. The van der Waals surface area contributed by atoms with E-state index in [0.29, 0.717) is 17.2 Å². The van der Waals surface area contributed by atoms with Crippen LogP contribution in [0.1, 0.15) is 30.0 Å². The Morgan fingerprint density at radius 1 is 1.00 bits per heavy atom. The van der Waals surface area contributed by atoms with E-state index < -0.39 is 11.9 Å². The molecule has 2 aromatic carbocycles. The Morgan fingerprint density at radius 3 is 2.64 bits per heavy atom. The van der Waals surface area contributed by atoms with Crippen molar-refractivity contribution in [3.8, 4) is 23.0 Å². The molecule has 0 aliphatic carbocycles. The van der Waals surface area contributed by atoms with Crippen LogP contribution < -0.4 is 18.9 Å². The molecule has 0 bridgehead atoms. The fraction of sp³-hybridized carbons (Fsp3) is 0.286. The molecule has 0 radical (unpaired) electrons. The van der Waals surface area contributed by atoms with E-state index in [-0.39, 0.29) is 13.6 Å². The summed E-state index contributed by atoms with van der Waals surface area (Å²) in [5, 5.41) is 1.94. The molecule has 1 aromatic heterocycles. The fourth-order valence-corrected chi connectivity index (χ4v) is 4.27. The smallest absolute Gasteiger partial charge is 0.231 e. The van der Waals surface area contributed by atoms with Crippen molar-refractivity contribution in [1.29, 1.82) is 0 Å². The van der Waals surface area contributed by atoms with Crippen molar-refractivity contribution < 1.29 is 28.4 Å². The van der Waals surface area contributed by atoms with E-state index in [2.05, 4.69) is 0 Å². The molecular weight excluding hydrogens is 362 g/mol. The molecule has 3 aromatic rings. The predicted molar refractivity (Wildman–Crippen MR) is 97.7 cm³/mol. The Morgan fingerprint density at radius 2 is 1.79 bits per heavy atom. The molecule has 7 nitrogen and oxygen atoms in total. The second kappa shape index (κ2) is 5.50. The van der Waals surface area contributed by atoms with Crippen molar-refractivity contribution in [2.75, 3.05) is 20.7 Å². The number of rotatable bonds is 2.